The van der Waals surface area contributed by atoms with Gasteiger partial charge in [0.1, 0.15) is 5.69 Å². The quantitative estimate of drug-likeness (QED) is 0.791. The molecule has 1 heterocycles. The standard InChI is InChI=1S/C16H15BrN4/c17-14-9-5-4-6-12(14)10-15(18)16-11-19-21(20-16)13-7-2-1-3-8-13/h1-9,11,15H,10,18H2. The topological polar surface area (TPSA) is 56.7 Å². The van der Waals surface area contributed by atoms with E-state index in [0.717, 1.165) is 22.3 Å². The molecule has 1 atom stereocenters. The summed E-state index contributed by atoms with van der Waals surface area (Å²) in [6.45, 7) is 0. The summed E-state index contributed by atoms with van der Waals surface area (Å²) in [4.78, 5) is 1.61. The molecule has 5 heteroatoms. The average molecular weight is 343 g/mol. The molecule has 21 heavy (non-hydrogen) atoms. The molecule has 0 amide bonds. The van der Waals surface area contributed by atoms with Crippen LogP contribution in [0.5, 0.6) is 0 Å². The number of nitrogens with two attached hydrogens (primary N) is 1. The van der Waals surface area contributed by atoms with E-state index in [1.54, 1.807) is 11.0 Å². The first-order valence-electron chi connectivity index (χ1n) is 6.70. The van der Waals surface area contributed by atoms with Crippen molar-refractivity contribution < 1.29 is 0 Å². The largest absolute Gasteiger partial charge is 0.322 e. The Morgan fingerprint density at radius 1 is 1.05 bits per heavy atom. The first-order chi connectivity index (χ1) is 10.2. The Hall–Kier alpha value is -1.98. The Morgan fingerprint density at radius 2 is 1.76 bits per heavy atom. The van der Waals surface area contributed by atoms with E-state index in [1.807, 2.05) is 48.5 Å². The highest BCUT2D eigenvalue weighted by molar-refractivity contribution is 9.10. The zero-order chi connectivity index (χ0) is 14.7. The molecule has 0 saturated carbocycles. The second kappa shape index (κ2) is 6.20. The second-order valence-electron chi connectivity index (χ2n) is 4.80. The van der Waals surface area contributed by atoms with Crippen LogP contribution < -0.4 is 5.73 Å². The van der Waals surface area contributed by atoms with E-state index < -0.39 is 0 Å². The van der Waals surface area contributed by atoms with Crippen molar-refractivity contribution >= 4 is 15.9 Å². The van der Waals surface area contributed by atoms with Gasteiger partial charge in [-0.1, -0.05) is 52.3 Å². The molecular formula is C16H15BrN4. The smallest absolute Gasteiger partial charge is 0.100 e. The lowest BCUT2D eigenvalue weighted by atomic mass is 10.0. The van der Waals surface area contributed by atoms with Crippen molar-refractivity contribution in [1.82, 2.24) is 15.0 Å². The van der Waals surface area contributed by atoms with Crippen LogP contribution in [0.15, 0.2) is 65.3 Å². The number of para-hydroxylation sites is 1. The first-order valence-corrected chi connectivity index (χ1v) is 7.50. The van der Waals surface area contributed by atoms with Gasteiger partial charge in [-0.15, -0.1) is 0 Å². The average Bonchev–Trinajstić information content (AvgIpc) is 3.00. The fourth-order valence-electron chi connectivity index (χ4n) is 2.14. The highest BCUT2D eigenvalue weighted by Gasteiger charge is 2.13. The van der Waals surface area contributed by atoms with Crippen molar-refractivity contribution in [3.63, 3.8) is 0 Å². The van der Waals surface area contributed by atoms with E-state index >= 15 is 0 Å². The van der Waals surface area contributed by atoms with Crippen LogP contribution in [0.1, 0.15) is 17.3 Å². The maximum atomic E-state index is 6.25. The highest BCUT2D eigenvalue weighted by atomic mass is 79.9. The molecule has 0 aliphatic carbocycles. The normalized spacial score (nSPS) is 12.3. The number of hydrogen-bond acceptors (Lipinski definition) is 3. The summed E-state index contributed by atoms with van der Waals surface area (Å²) >= 11 is 3.54. The van der Waals surface area contributed by atoms with Crippen LogP contribution in [0.25, 0.3) is 5.69 Å². The summed E-state index contributed by atoms with van der Waals surface area (Å²) in [5, 5.41) is 8.76. The van der Waals surface area contributed by atoms with E-state index in [9.17, 15) is 0 Å². The molecule has 2 aromatic carbocycles. The van der Waals surface area contributed by atoms with Crippen LogP contribution >= 0.6 is 15.9 Å². The van der Waals surface area contributed by atoms with Gasteiger partial charge in [-0.25, -0.2) is 0 Å². The monoisotopic (exact) mass is 342 g/mol. The van der Waals surface area contributed by atoms with Gasteiger partial charge in [-0.05, 0) is 30.2 Å². The van der Waals surface area contributed by atoms with Gasteiger partial charge in [0.25, 0.3) is 0 Å². The van der Waals surface area contributed by atoms with Gasteiger partial charge in [0.15, 0.2) is 0 Å². The summed E-state index contributed by atoms with van der Waals surface area (Å²) in [6.07, 6.45) is 2.45. The van der Waals surface area contributed by atoms with Crippen molar-refractivity contribution in [2.75, 3.05) is 0 Å². The predicted molar refractivity (Wildman–Crippen MR) is 86.1 cm³/mol. The first kappa shape index (κ1) is 14.0. The van der Waals surface area contributed by atoms with Crippen LogP contribution in [-0.4, -0.2) is 15.0 Å². The Labute approximate surface area is 131 Å². The molecule has 4 nitrogen and oxygen atoms in total. The van der Waals surface area contributed by atoms with Gasteiger partial charge in [0, 0.05) is 4.47 Å². The minimum Gasteiger partial charge on any atom is -0.322 e. The fourth-order valence-corrected chi connectivity index (χ4v) is 2.58. The van der Waals surface area contributed by atoms with E-state index in [1.165, 1.54) is 5.56 Å². The van der Waals surface area contributed by atoms with Crippen molar-refractivity contribution in [2.24, 2.45) is 5.73 Å². The number of hydrogen-bond donors (Lipinski definition) is 1. The molecule has 2 N–H and O–H groups in total. The summed E-state index contributed by atoms with van der Waals surface area (Å²) < 4.78 is 1.07. The Kier molecular flexibility index (Phi) is 4.13. The number of rotatable bonds is 4. The van der Waals surface area contributed by atoms with Gasteiger partial charge < -0.3 is 5.73 Å². The van der Waals surface area contributed by atoms with Crippen molar-refractivity contribution in [1.29, 1.82) is 0 Å². The molecule has 1 unspecified atom stereocenters. The molecule has 0 spiro atoms. The summed E-state index contributed by atoms with van der Waals surface area (Å²) in [7, 11) is 0. The molecular weight excluding hydrogens is 328 g/mol. The zero-order valence-electron chi connectivity index (χ0n) is 11.4. The SMILES string of the molecule is NC(Cc1ccccc1Br)c1cnn(-c2ccccc2)n1. The predicted octanol–water partition coefficient (Wildman–Crippen LogP) is 3.27. The molecule has 0 fully saturated rings. The summed E-state index contributed by atoms with van der Waals surface area (Å²) in [5.41, 5.74) is 9.13. The van der Waals surface area contributed by atoms with Crippen molar-refractivity contribution in [3.05, 3.63) is 76.5 Å². The van der Waals surface area contributed by atoms with Crippen molar-refractivity contribution in [2.45, 2.75) is 12.5 Å². The number of benzene rings is 2. The van der Waals surface area contributed by atoms with Crippen LogP contribution in [0.2, 0.25) is 0 Å². The van der Waals surface area contributed by atoms with Gasteiger partial charge >= 0.3 is 0 Å². The van der Waals surface area contributed by atoms with E-state index in [0.29, 0.717) is 0 Å². The van der Waals surface area contributed by atoms with Crippen LogP contribution in [-0.2, 0) is 6.42 Å². The third kappa shape index (κ3) is 3.20. The third-order valence-electron chi connectivity index (χ3n) is 3.27. The van der Waals surface area contributed by atoms with Crippen molar-refractivity contribution in [3.8, 4) is 5.69 Å². The van der Waals surface area contributed by atoms with E-state index in [4.69, 9.17) is 5.73 Å². The minimum atomic E-state index is -0.179. The highest BCUT2D eigenvalue weighted by Crippen LogP contribution is 2.21. The lowest BCUT2D eigenvalue weighted by Gasteiger charge is -2.09. The van der Waals surface area contributed by atoms with Gasteiger partial charge in [0.05, 0.1) is 17.9 Å². The lowest BCUT2D eigenvalue weighted by molar-refractivity contribution is 0.665. The number of nitrogens with zero attached hydrogens (tertiary/aromatic N) is 3. The summed E-state index contributed by atoms with van der Waals surface area (Å²) in [5.74, 6) is 0. The zero-order valence-corrected chi connectivity index (χ0v) is 12.9. The van der Waals surface area contributed by atoms with Gasteiger partial charge in [-0.3, -0.25) is 0 Å². The maximum Gasteiger partial charge on any atom is 0.100 e. The van der Waals surface area contributed by atoms with E-state index in [-0.39, 0.29) is 6.04 Å². The third-order valence-corrected chi connectivity index (χ3v) is 4.05. The van der Waals surface area contributed by atoms with Crippen LogP contribution in [0, 0.1) is 0 Å². The van der Waals surface area contributed by atoms with E-state index in [2.05, 4.69) is 32.2 Å². The molecule has 1 aromatic heterocycles. The van der Waals surface area contributed by atoms with Crippen LogP contribution in [0.4, 0.5) is 0 Å². The molecule has 0 aliphatic heterocycles. The molecule has 3 aromatic rings. The second-order valence-corrected chi connectivity index (χ2v) is 5.65. The maximum absolute atomic E-state index is 6.25. The Bertz CT molecular complexity index is 724. The molecule has 3 rings (SSSR count). The summed E-state index contributed by atoms with van der Waals surface area (Å²) in [6, 6.07) is 17.7. The number of halogens is 1. The lowest BCUT2D eigenvalue weighted by Crippen LogP contribution is -2.14. The molecule has 106 valence electrons. The Morgan fingerprint density at radius 3 is 2.52 bits per heavy atom. The minimum absolute atomic E-state index is 0.179. The van der Waals surface area contributed by atoms with Crippen LogP contribution in [0.3, 0.4) is 0 Å². The fraction of sp³-hybridized carbons (Fsp3) is 0.125. The number of aromatic nitrogens is 3. The molecule has 0 saturated heterocycles. The molecule has 0 aliphatic rings. The molecule has 0 bridgehead atoms. The van der Waals surface area contributed by atoms with Gasteiger partial charge in [-0.2, -0.15) is 15.0 Å². The Balaban J connectivity index is 1.79. The molecule has 0 radical (unpaired) electrons. The van der Waals surface area contributed by atoms with Gasteiger partial charge in [0.2, 0.25) is 0 Å².